The number of rotatable bonds is 11. The van der Waals surface area contributed by atoms with Gasteiger partial charge in [-0.25, -0.2) is 4.98 Å². The summed E-state index contributed by atoms with van der Waals surface area (Å²) in [6.45, 7) is 7.62. The molecule has 1 saturated heterocycles. The van der Waals surface area contributed by atoms with Crippen LogP contribution in [0.25, 0.3) is 10.4 Å². The number of carbonyl (C=O) groups is 2. The molecule has 1 aliphatic rings. The van der Waals surface area contributed by atoms with E-state index < -0.39 is 25.2 Å². The monoisotopic (exact) mass is 632 g/mol. The normalized spacial score (nSPS) is 17.7. The molecule has 0 saturated carbocycles. The van der Waals surface area contributed by atoms with Gasteiger partial charge in [0.2, 0.25) is 11.8 Å². The molecular formula is C32H37BN4O7S. The van der Waals surface area contributed by atoms with Gasteiger partial charge < -0.3 is 34.6 Å². The molecule has 0 radical (unpaired) electrons. The van der Waals surface area contributed by atoms with E-state index in [1.807, 2.05) is 57.5 Å². The summed E-state index contributed by atoms with van der Waals surface area (Å²) in [5.41, 5.74) is 5.63. The molecule has 45 heavy (non-hydrogen) atoms. The molecule has 4 N–H and O–H groups in total. The van der Waals surface area contributed by atoms with Crippen molar-refractivity contribution in [3.63, 3.8) is 0 Å². The smallest absolute Gasteiger partial charge is 0.471 e. The fourth-order valence-electron chi connectivity index (χ4n) is 5.67. The van der Waals surface area contributed by atoms with Gasteiger partial charge in [-0.15, -0.1) is 11.3 Å². The number of aliphatic hydroxyl groups is 1. The van der Waals surface area contributed by atoms with Crippen molar-refractivity contribution in [2.45, 2.75) is 64.8 Å². The zero-order valence-electron chi connectivity index (χ0n) is 25.6. The molecule has 11 nitrogen and oxygen atoms in total. The van der Waals surface area contributed by atoms with E-state index in [9.17, 15) is 24.7 Å². The Hall–Kier alpha value is -4.04. The van der Waals surface area contributed by atoms with Crippen molar-refractivity contribution >= 4 is 35.7 Å². The Morgan fingerprint density at radius 3 is 2.56 bits per heavy atom. The number of ether oxygens (including phenoxy) is 1. The quantitative estimate of drug-likeness (QED) is 0.183. The number of likely N-dealkylation sites (tertiary alicyclic amines) is 1. The summed E-state index contributed by atoms with van der Waals surface area (Å²) in [5, 5.41) is 36.7. The van der Waals surface area contributed by atoms with Crippen LogP contribution in [0.4, 0.5) is 0 Å². The van der Waals surface area contributed by atoms with Crippen LogP contribution in [0.3, 0.4) is 0 Å². The van der Waals surface area contributed by atoms with E-state index in [0.717, 1.165) is 21.7 Å². The molecule has 0 aliphatic carbocycles. The van der Waals surface area contributed by atoms with Gasteiger partial charge >= 0.3 is 7.12 Å². The van der Waals surface area contributed by atoms with Crippen molar-refractivity contribution in [3.05, 3.63) is 82.7 Å². The van der Waals surface area contributed by atoms with E-state index in [-0.39, 0.29) is 55.0 Å². The molecular weight excluding hydrogens is 595 g/mol. The molecule has 13 heteroatoms. The first kappa shape index (κ1) is 32.4. The van der Waals surface area contributed by atoms with Crippen molar-refractivity contribution < 1.29 is 34.0 Å². The molecule has 1 fully saturated rings. The standard InChI is InChI=1S/C32H37BN4O7S/c1-18(2)29(27-14-28(36-44-27)43-16-23-7-5-6-8-25(23)33(41)42)32(40)37-15-24(38)13-26(37)31(39)35-19(3)21-9-11-22(12-10-21)30-20(4)34-17-45-30/h5-12,14,17-19,24,26,29,38,41-42H,13,15-16H2,1-4H3,(H,35,39)/t19-,24+,26-,29?/m0/s1. The zero-order chi connectivity index (χ0) is 32.2. The maximum atomic E-state index is 13.9. The van der Waals surface area contributed by atoms with Crippen LogP contribution in [0, 0.1) is 12.8 Å². The number of carbonyl (C=O) groups excluding carboxylic acids is 2. The Morgan fingerprint density at radius 2 is 1.89 bits per heavy atom. The number of aromatic nitrogens is 2. The van der Waals surface area contributed by atoms with Crippen molar-refractivity contribution in [2.75, 3.05) is 6.54 Å². The number of nitrogens with zero attached hydrogens (tertiary/aromatic N) is 3. The topological polar surface area (TPSA) is 158 Å². The fraction of sp³-hybridized carbons (Fsp3) is 0.375. The Labute approximate surface area is 266 Å². The predicted molar refractivity (Wildman–Crippen MR) is 170 cm³/mol. The summed E-state index contributed by atoms with van der Waals surface area (Å²) in [5.74, 6) is -1.29. The third kappa shape index (κ3) is 7.28. The first-order valence-corrected chi connectivity index (χ1v) is 15.7. The SMILES string of the molecule is Cc1ncsc1-c1ccc([C@H](C)NC(=O)[C@@H]2C[C@@H](O)CN2C(=O)C(c2cc(OCc3ccccc3B(O)O)no2)C(C)C)cc1. The average molecular weight is 633 g/mol. The molecule has 2 aromatic heterocycles. The van der Waals surface area contributed by atoms with Crippen molar-refractivity contribution in [3.8, 4) is 16.3 Å². The van der Waals surface area contributed by atoms with Crippen molar-refractivity contribution in [1.82, 2.24) is 20.4 Å². The number of nitrogens with one attached hydrogen (secondary N) is 1. The molecule has 0 spiro atoms. The molecule has 1 aliphatic heterocycles. The predicted octanol–water partition coefficient (Wildman–Crippen LogP) is 2.94. The van der Waals surface area contributed by atoms with Crippen LogP contribution in [0.15, 0.2) is 64.6 Å². The maximum absolute atomic E-state index is 13.9. The van der Waals surface area contributed by atoms with Gasteiger partial charge in [0.15, 0.2) is 5.76 Å². The van der Waals surface area contributed by atoms with Crippen molar-refractivity contribution in [1.29, 1.82) is 0 Å². The highest BCUT2D eigenvalue weighted by Gasteiger charge is 2.43. The summed E-state index contributed by atoms with van der Waals surface area (Å²) < 4.78 is 11.3. The van der Waals surface area contributed by atoms with Crippen LogP contribution in [-0.2, 0) is 16.2 Å². The Kier molecular flexibility index (Phi) is 10.0. The number of β-amino-alcohol motifs (C(OH)–C–C–N with tert-alkyl or cyclic N) is 1. The van der Waals surface area contributed by atoms with Gasteiger partial charge in [0.05, 0.1) is 28.2 Å². The molecule has 3 heterocycles. The van der Waals surface area contributed by atoms with Crippen LogP contribution in [0.1, 0.15) is 61.7 Å². The molecule has 1 unspecified atom stereocenters. The van der Waals surface area contributed by atoms with E-state index in [2.05, 4.69) is 15.5 Å². The zero-order valence-corrected chi connectivity index (χ0v) is 26.4. The molecule has 236 valence electrons. The van der Waals surface area contributed by atoms with Crippen LogP contribution in [0.5, 0.6) is 5.88 Å². The highest BCUT2D eigenvalue weighted by Crippen LogP contribution is 2.33. The van der Waals surface area contributed by atoms with Crippen LogP contribution in [0.2, 0.25) is 0 Å². The van der Waals surface area contributed by atoms with E-state index >= 15 is 0 Å². The van der Waals surface area contributed by atoms with Gasteiger partial charge in [0.25, 0.3) is 5.88 Å². The summed E-state index contributed by atoms with van der Waals surface area (Å²) in [4.78, 5) is 34.3. The molecule has 2 aromatic carbocycles. The Morgan fingerprint density at radius 1 is 1.16 bits per heavy atom. The summed E-state index contributed by atoms with van der Waals surface area (Å²) in [7, 11) is -1.65. The molecule has 4 atom stereocenters. The minimum absolute atomic E-state index is 0.00636. The van der Waals surface area contributed by atoms with Gasteiger partial charge in [0, 0.05) is 19.0 Å². The number of benzene rings is 2. The number of hydrogen-bond acceptors (Lipinski definition) is 10. The average Bonchev–Trinajstić information content (AvgIpc) is 3.76. The lowest BCUT2D eigenvalue weighted by molar-refractivity contribution is -0.141. The first-order chi connectivity index (χ1) is 21.5. The number of hydrogen-bond donors (Lipinski definition) is 4. The molecule has 4 aromatic rings. The lowest BCUT2D eigenvalue weighted by atomic mass is 9.77. The highest BCUT2D eigenvalue weighted by atomic mass is 32.1. The summed E-state index contributed by atoms with van der Waals surface area (Å²) in [6.07, 6.45) is -0.718. The Bertz CT molecular complexity index is 1620. The highest BCUT2D eigenvalue weighted by molar-refractivity contribution is 7.13. The van der Waals surface area contributed by atoms with Crippen molar-refractivity contribution in [2.24, 2.45) is 5.92 Å². The van der Waals surface area contributed by atoms with E-state index in [1.165, 1.54) is 11.0 Å². The second-order valence-corrected chi connectivity index (χ2v) is 12.5. The summed E-state index contributed by atoms with van der Waals surface area (Å²) in [6, 6.07) is 15.0. The molecule has 0 bridgehead atoms. The number of aryl methyl sites for hydroxylation is 1. The maximum Gasteiger partial charge on any atom is 0.488 e. The Balaban J connectivity index is 1.26. The third-order valence-corrected chi connectivity index (χ3v) is 9.07. The lowest BCUT2D eigenvalue weighted by Crippen LogP contribution is -2.48. The first-order valence-electron chi connectivity index (χ1n) is 14.9. The van der Waals surface area contributed by atoms with Gasteiger partial charge in [-0.1, -0.05) is 62.4 Å². The van der Waals surface area contributed by atoms with Gasteiger partial charge in [-0.2, -0.15) is 0 Å². The third-order valence-electron chi connectivity index (χ3n) is 8.10. The fourth-order valence-corrected chi connectivity index (χ4v) is 6.48. The van der Waals surface area contributed by atoms with Gasteiger partial charge in [0.1, 0.15) is 18.6 Å². The van der Waals surface area contributed by atoms with Crippen LogP contribution in [-0.4, -0.2) is 67.8 Å². The molecule has 5 rings (SSSR count). The van der Waals surface area contributed by atoms with Crippen LogP contribution >= 0.6 is 11.3 Å². The lowest BCUT2D eigenvalue weighted by Gasteiger charge is -2.29. The summed E-state index contributed by atoms with van der Waals surface area (Å²) >= 11 is 1.58. The second-order valence-electron chi connectivity index (χ2n) is 11.7. The molecule has 2 amide bonds. The van der Waals surface area contributed by atoms with E-state index in [4.69, 9.17) is 9.26 Å². The number of amides is 2. The van der Waals surface area contributed by atoms with Gasteiger partial charge in [-0.05, 0) is 47.1 Å². The van der Waals surface area contributed by atoms with E-state index in [1.54, 1.807) is 35.6 Å². The number of aliphatic hydroxyl groups excluding tert-OH is 1. The second kappa shape index (κ2) is 13.9. The van der Waals surface area contributed by atoms with Gasteiger partial charge in [-0.3, -0.25) is 9.59 Å². The minimum Gasteiger partial charge on any atom is -0.471 e. The van der Waals surface area contributed by atoms with E-state index in [0.29, 0.717) is 11.0 Å². The number of thiazole rings is 1. The van der Waals surface area contributed by atoms with Crippen LogP contribution < -0.4 is 15.5 Å². The largest absolute Gasteiger partial charge is 0.488 e. The minimum atomic E-state index is -1.65.